The van der Waals surface area contributed by atoms with E-state index >= 15 is 0 Å². The summed E-state index contributed by atoms with van der Waals surface area (Å²) in [6, 6.07) is 6.54. The average Bonchev–Trinajstić information content (AvgIpc) is 2.03. The highest BCUT2D eigenvalue weighted by molar-refractivity contribution is 5.35. The van der Waals surface area contributed by atoms with Crippen LogP contribution in [0.4, 0.5) is 0 Å². The Morgan fingerprint density at radius 1 is 1.31 bits per heavy atom. The van der Waals surface area contributed by atoms with Crippen molar-refractivity contribution in [2.75, 3.05) is 0 Å². The third-order valence-electron chi connectivity index (χ3n) is 2.40. The predicted octanol–water partition coefficient (Wildman–Crippen LogP) is 2.75. The minimum atomic E-state index is -0.227. The largest absolute Gasteiger partial charge is 0.322 e. The van der Waals surface area contributed by atoms with Crippen molar-refractivity contribution >= 4 is 0 Å². The third-order valence-corrected chi connectivity index (χ3v) is 2.40. The fraction of sp³-hybridized carbons (Fsp3) is 0.500. The molecule has 1 nitrogen and oxygen atoms in total. The molecule has 0 amide bonds. The van der Waals surface area contributed by atoms with Crippen LogP contribution in [0, 0.1) is 6.92 Å². The standard InChI is InChI=1S/C12H19N/c1-5-10-7-6-9(2)11(8-10)12(3,4)13/h6-8H,5,13H2,1-4H3. The Hall–Kier alpha value is -0.820. The molecule has 0 bridgehead atoms. The lowest BCUT2D eigenvalue weighted by atomic mass is 9.90. The van der Waals surface area contributed by atoms with Crippen LogP contribution in [0.15, 0.2) is 18.2 Å². The molecule has 0 unspecified atom stereocenters. The van der Waals surface area contributed by atoms with Gasteiger partial charge in [0, 0.05) is 5.54 Å². The van der Waals surface area contributed by atoms with Gasteiger partial charge in [-0.15, -0.1) is 0 Å². The summed E-state index contributed by atoms with van der Waals surface area (Å²) in [7, 11) is 0. The smallest absolute Gasteiger partial charge is 0.0355 e. The maximum Gasteiger partial charge on any atom is 0.0355 e. The Bertz CT molecular complexity index is 294. The molecule has 72 valence electrons. The van der Waals surface area contributed by atoms with Crippen molar-refractivity contribution in [1.82, 2.24) is 0 Å². The fourth-order valence-electron chi connectivity index (χ4n) is 1.58. The second kappa shape index (κ2) is 3.51. The first-order valence-electron chi connectivity index (χ1n) is 4.84. The molecule has 0 heterocycles. The zero-order valence-electron chi connectivity index (χ0n) is 9.02. The number of hydrogen-bond acceptors (Lipinski definition) is 1. The molecule has 13 heavy (non-hydrogen) atoms. The SMILES string of the molecule is CCc1ccc(C)c(C(C)(C)N)c1. The highest BCUT2D eigenvalue weighted by atomic mass is 14.7. The highest BCUT2D eigenvalue weighted by Crippen LogP contribution is 2.22. The van der Waals surface area contributed by atoms with E-state index in [4.69, 9.17) is 5.73 Å². The summed E-state index contributed by atoms with van der Waals surface area (Å²) < 4.78 is 0. The summed E-state index contributed by atoms with van der Waals surface area (Å²) in [4.78, 5) is 0. The zero-order chi connectivity index (χ0) is 10.1. The van der Waals surface area contributed by atoms with Gasteiger partial charge in [0.1, 0.15) is 0 Å². The first-order chi connectivity index (χ1) is 5.95. The molecule has 0 aliphatic carbocycles. The summed E-state index contributed by atoms with van der Waals surface area (Å²) >= 11 is 0. The predicted molar refractivity (Wildman–Crippen MR) is 57.8 cm³/mol. The van der Waals surface area contributed by atoms with Gasteiger partial charge in [0.2, 0.25) is 0 Å². The lowest BCUT2D eigenvalue weighted by Gasteiger charge is -2.22. The molecule has 0 radical (unpaired) electrons. The number of nitrogens with two attached hydrogens (primary N) is 1. The van der Waals surface area contributed by atoms with E-state index in [1.54, 1.807) is 0 Å². The molecule has 0 aliphatic heterocycles. The van der Waals surface area contributed by atoms with E-state index in [0.717, 1.165) is 6.42 Å². The van der Waals surface area contributed by atoms with Gasteiger partial charge < -0.3 is 5.73 Å². The topological polar surface area (TPSA) is 26.0 Å². The summed E-state index contributed by atoms with van der Waals surface area (Å²) in [6.07, 6.45) is 1.07. The van der Waals surface area contributed by atoms with Crippen molar-refractivity contribution in [2.24, 2.45) is 5.73 Å². The van der Waals surface area contributed by atoms with E-state index in [2.05, 4.69) is 45.9 Å². The summed E-state index contributed by atoms with van der Waals surface area (Å²) in [5, 5.41) is 0. The molecule has 0 fully saturated rings. The molecular weight excluding hydrogens is 158 g/mol. The van der Waals surface area contributed by atoms with Crippen molar-refractivity contribution < 1.29 is 0 Å². The van der Waals surface area contributed by atoms with Crippen LogP contribution < -0.4 is 5.73 Å². The van der Waals surface area contributed by atoms with Gasteiger partial charge in [0.15, 0.2) is 0 Å². The molecule has 1 aromatic carbocycles. The van der Waals surface area contributed by atoms with E-state index in [-0.39, 0.29) is 5.54 Å². The number of hydrogen-bond donors (Lipinski definition) is 1. The van der Waals surface area contributed by atoms with Crippen LogP contribution in [0.5, 0.6) is 0 Å². The van der Waals surface area contributed by atoms with Crippen LogP contribution in [-0.2, 0) is 12.0 Å². The van der Waals surface area contributed by atoms with E-state index in [0.29, 0.717) is 0 Å². The Morgan fingerprint density at radius 2 is 1.92 bits per heavy atom. The first kappa shape index (κ1) is 10.3. The first-order valence-corrected chi connectivity index (χ1v) is 4.84. The Balaban J connectivity index is 3.19. The Morgan fingerprint density at radius 3 is 2.38 bits per heavy atom. The minimum absolute atomic E-state index is 0.227. The molecule has 0 aromatic heterocycles. The molecular formula is C12H19N. The molecule has 2 N–H and O–H groups in total. The summed E-state index contributed by atoms with van der Waals surface area (Å²) in [6.45, 7) is 8.38. The Labute approximate surface area is 81.0 Å². The van der Waals surface area contributed by atoms with E-state index in [1.165, 1.54) is 16.7 Å². The normalized spacial score (nSPS) is 11.8. The van der Waals surface area contributed by atoms with Gasteiger partial charge in [-0.25, -0.2) is 0 Å². The molecule has 0 spiro atoms. The van der Waals surface area contributed by atoms with Crippen molar-refractivity contribution in [2.45, 2.75) is 39.7 Å². The third kappa shape index (κ3) is 2.31. The molecule has 1 heteroatoms. The Kier molecular flexibility index (Phi) is 2.77. The van der Waals surface area contributed by atoms with E-state index in [9.17, 15) is 0 Å². The summed E-state index contributed by atoms with van der Waals surface area (Å²) in [5.74, 6) is 0. The molecule has 1 rings (SSSR count). The lowest BCUT2D eigenvalue weighted by molar-refractivity contribution is 0.550. The van der Waals surface area contributed by atoms with Gasteiger partial charge in [-0.1, -0.05) is 25.1 Å². The highest BCUT2D eigenvalue weighted by Gasteiger charge is 2.16. The van der Waals surface area contributed by atoms with Crippen LogP contribution in [-0.4, -0.2) is 0 Å². The van der Waals surface area contributed by atoms with Gasteiger partial charge in [-0.3, -0.25) is 0 Å². The molecule has 0 saturated carbocycles. The van der Waals surface area contributed by atoms with E-state index in [1.807, 2.05) is 0 Å². The van der Waals surface area contributed by atoms with Crippen LogP contribution in [0.2, 0.25) is 0 Å². The summed E-state index contributed by atoms with van der Waals surface area (Å²) in [5.41, 5.74) is 9.75. The number of benzene rings is 1. The van der Waals surface area contributed by atoms with Crippen LogP contribution >= 0.6 is 0 Å². The monoisotopic (exact) mass is 177 g/mol. The maximum atomic E-state index is 6.08. The van der Waals surface area contributed by atoms with Gasteiger partial charge in [0.25, 0.3) is 0 Å². The van der Waals surface area contributed by atoms with Crippen molar-refractivity contribution in [3.63, 3.8) is 0 Å². The minimum Gasteiger partial charge on any atom is -0.322 e. The van der Waals surface area contributed by atoms with Crippen LogP contribution in [0.25, 0.3) is 0 Å². The van der Waals surface area contributed by atoms with Gasteiger partial charge >= 0.3 is 0 Å². The second-order valence-electron chi connectivity index (χ2n) is 4.22. The van der Waals surface area contributed by atoms with E-state index < -0.39 is 0 Å². The zero-order valence-corrected chi connectivity index (χ0v) is 9.02. The van der Waals surface area contributed by atoms with Crippen molar-refractivity contribution in [3.05, 3.63) is 34.9 Å². The molecule has 0 aliphatic rings. The van der Waals surface area contributed by atoms with Gasteiger partial charge in [-0.2, -0.15) is 0 Å². The van der Waals surface area contributed by atoms with Crippen LogP contribution in [0.1, 0.15) is 37.5 Å². The molecule has 0 saturated heterocycles. The second-order valence-corrected chi connectivity index (χ2v) is 4.22. The number of rotatable bonds is 2. The van der Waals surface area contributed by atoms with Gasteiger partial charge in [0.05, 0.1) is 0 Å². The lowest BCUT2D eigenvalue weighted by Crippen LogP contribution is -2.29. The quantitative estimate of drug-likeness (QED) is 0.738. The molecule has 0 atom stereocenters. The van der Waals surface area contributed by atoms with Crippen LogP contribution in [0.3, 0.4) is 0 Å². The fourth-order valence-corrected chi connectivity index (χ4v) is 1.58. The number of aryl methyl sites for hydroxylation is 2. The molecule has 1 aromatic rings. The average molecular weight is 177 g/mol. The maximum absolute atomic E-state index is 6.08. The van der Waals surface area contributed by atoms with Gasteiger partial charge in [-0.05, 0) is 43.9 Å². The van der Waals surface area contributed by atoms with Crippen molar-refractivity contribution in [3.8, 4) is 0 Å². The van der Waals surface area contributed by atoms with Crippen molar-refractivity contribution in [1.29, 1.82) is 0 Å².